The molecule has 0 bridgehead atoms. The Morgan fingerprint density at radius 1 is 1.25 bits per heavy atom. The highest BCUT2D eigenvalue weighted by atomic mass is 16.7. The second-order valence-corrected chi connectivity index (χ2v) is 5.75. The summed E-state index contributed by atoms with van der Waals surface area (Å²) in [5.74, 6) is 0.738. The number of anilines is 1. The van der Waals surface area contributed by atoms with Crippen molar-refractivity contribution in [1.29, 1.82) is 0 Å². The summed E-state index contributed by atoms with van der Waals surface area (Å²) in [7, 11) is -0.376. The van der Waals surface area contributed by atoms with Crippen LogP contribution in [0.2, 0.25) is 0 Å². The minimum Gasteiger partial charge on any atom is -0.402 e. The third kappa shape index (κ3) is 2.66. The van der Waals surface area contributed by atoms with Crippen molar-refractivity contribution in [2.24, 2.45) is 0 Å². The van der Waals surface area contributed by atoms with E-state index in [4.69, 9.17) is 14.0 Å². The van der Waals surface area contributed by atoms with Crippen molar-refractivity contribution >= 4 is 18.5 Å². The summed E-state index contributed by atoms with van der Waals surface area (Å²) in [6.45, 7) is 9.20. The number of hydrogen-bond acceptors (Lipinski definition) is 6. The maximum absolute atomic E-state index is 5.90. The van der Waals surface area contributed by atoms with Gasteiger partial charge in [0, 0.05) is 30.9 Å². The Morgan fingerprint density at radius 2 is 1.90 bits per heavy atom. The molecule has 1 atom stereocenters. The monoisotopic (exact) mass is 277 g/mol. The summed E-state index contributed by atoms with van der Waals surface area (Å²) in [4.78, 5) is 11.0. The van der Waals surface area contributed by atoms with E-state index in [1.165, 1.54) is 0 Å². The van der Waals surface area contributed by atoms with Gasteiger partial charge in [-0.1, -0.05) is 0 Å². The third-order valence-corrected chi connectivity index (χ3v) is 3.94. The lowest BCUT2D eigenvalue weighted by Gasteiger charge is -2.26. The van der Waals surface area contributed by atoms with Crippen molar-refractivity contribution in [3.63, 3.8) is 0 Å². The molecule has 3 rings (SSSR count). The van der Waals surface area contributed by atoms with Crippen molar-refractivity contribution < 1.29 is 14.0 Å². The molecule has 3 heterocycles. The van der Waals surface area contributed by atoms with Crippen LogP contribution in [-0.4, -0.2) is 55.1 Å². The van der Waals surface area contributed by atoms with Gasteiger partial charge in [0.1, 0.15) is 0 Å². The van der Waals surface area contributed by atoms with E-state index in [1.807, 2.05) is 20.8 Å². The average Bonchev–Trinajstić information content (AvgIpc) is 2.74. The number of hydrogen-bond donors (Lipinski definition) is 0. The number of aromatic nitrogens is 2. The number of rotatable bonds is 2. The van der Waals surface area contributed by atoms with Crippen molar-refractivity contribution in [3.8, 4) is 0 Å². The highest BCUT2D eigenvalue weighted by Gasteiger charge is 2.44. The van der Waals surface area contributed by atoms with E-state index in [9.17, 15) is 0 Å². The molecule has 0 radical (unpaired) electrons. The summed E-state index contributed by atoms with van der Waals surface area (Å²) >= 11 is 0. The summed E-state index contributed by atoms with van der Waals surface area (Å²) < 4.78 is 17.0. The van der Waals surface area contributed by atoms with Gasteiger partial charge >= 0.3 is 7.12 Å². The molecule has 108 valence electrons. The Labute approximate surface area is 119 Å². The Kier molecular flexibility index (Phi) is 3.66. The van der Waals surface area contributed by atoms with Crippen LogP contribution in [-0.2, 0) is 14.0 Å². The maximum atomic E-state index is 5.90. The number of nitrogens with zero attached hydrogens (tertiary/aromatic N) is 3. The van der Waals surface area contributed by atoms with E-state index in [0.717, 1.165) is 37.7 Å². The third-order valence-electron chi connectivity index (χ3n) is 3.94. The fourth-order valence-corrected chi connectivity index (χ4v) is 2.27. The molecule has 0 aliphatic carbocycles. The van der Waals surface area contributed by atoms with Crippen LogP contribution in [0.1, 0.15) is 20.8 Å². The average molecular weight is 277 g/mol. The second kappa shape index (κ2) is 5.31. The molecule has 2 saturated heterocycles. The van der Waals surface area contributed by atoms with Crippen LogP contribution in [0, 0.1) is 0 Å². The van der Waals surface area contributed by atoms with Gasteiger partial charge in [-0.25, -0.2) is 9.97 Å². The van der Waals surface area contributed by atoms with Crippen LogP contribution >= 0.6 is 0 Å². The van der Waals surface area contributed by atoms with Gasteiger partial charge < -0.3 is 18.9 Å². The largest absolute Gasteiger partial charge is 0.497 e. The summed E-state index contributed by atoms with van der Waals surface area (Å²) in [6, 6.07) is 0. The van der Waals surface area contributed by atoms with Gasteiger partial charge in [0.25, 0.3) is 0 Å². The van der Waals surface area contributed by atoms with Crippen LogP contribution in [0.4, 0.5) is 5.95 Å². The summed E-state index contributed by atoms with van der Waals surface area (Å²) in [5, 5.41) is 0. The molecule has 2 aliphatic rings. The summed E-state index contributed by atoms with van der Waals surface area (Å²) in [6.07, 6.45) is 3.62. The predicted octanol–water partition coefficient (Wildman–Crippen LogP) is 0.222. The smallest absolute Gasteiger partial charge is 0.402 e. The minimum absolute atomic E-state index is 0.0476. The van der Waals surface area contributed by atoms with E-state index < -0.39 is 0 Å². The van der Waals surface area contributed by atoms with Crippen molar-refractivity contribution in [2.45, 2.75) is 32.5 Å². The molecule has 1 aromatic heterocycles. The molecular formula is C13H20BN3O3. The lowest BCUT2D eigenvalue weighted by Crippen LogP contribution is -2.39. The van der Waals surface area contributed by atoms with Gasteiger partial charge in [-0.05, 0) is 20.8 Å². The van der Waals surface area contributed by atoms with Crippen LogP contribution in [0.25, 0.3) is 0 Å². The Bertz CT molecular complexity index is 462. The topological polar surface area (TPSA) is 56.7 Å². The maximum Gasteiger partial charge on any atom is 0.497 e. The van der Waals surface area contributed by atoms with E-state index in [1.54, 1.807) is 12.4 Å². The molecular weight excluding hydrogens is 257 g/mol. The molecule has 0 aromatic carbocycles. The quantitative estimate of drug-likeness (QED) is 0.721. The molecule has 1 unspecified atom stereocenters. The molecule has 6 nitrogen and oxygen atoms in total. The Hall–Kier alpha value is -1.18. The van der Waals surface area contributed by atoms with Crippen LogP contribution in [0.3, 0.4) is 0 Å². The van der Waals surface area contributed by atoms with Crippen molar-refractivity contribution in [1.82, 2.24) is 9.97 Å². The minimum atomic E-state index is -0.376. The predicted molar refractivity (Wildman–Crippen MR) is 76.2 cm³/mol. The first kappa shape index (κ1) is 13.8. The Balaban J connectivity index is 1.70. The molecule has 0 saturated carbocycles. The number of ether oxygens (including phenoxy) is 1. The SMILES string of the molecule is CC1OB(c2cnc(N3CCOCC3)nc2)OC1(C)C. The first-order chi connectivity index (χ1) is 9.56. The van der Waals surface area contributed by atoms with Gasteiger partial charge in [-0.15, -0.1) is 0 Å². The number of morpholine rings is 1. The first-order valence-corrected chi connectivity index (χ1v) is 7.04. The molecule has 0 N–H and O–H groups in total. The van der Waals surface area contributed by atoms with Crippen LogP contribution in [0.5, 0.6) is 0 Å². The normalized spacial score (nSPS) is 26.1. The molecule has 2 fully saturated rings. The highest BCUT2D eigenvalue weighted by Crippen LogP contribution is 2.26. The zero-order valence-electron chi connectivity index (χ0n) is 12.2. The zero-order valence-corrected chi connectivity index (χ0v) is 12.2. The molecule has 1 aromatic rings. The van der Waals surface area contributed by atoms with Gasteiger partial charge in [-0.3, -0.25) is 0 Å². The molecule has 0 amide bonds. The van der Waals surface area contributed by atoms with E-state index >= 15 is 0 Å². The molecule has 7 heteroatoms. The lowest BCUT2D eigenvalue weighted by atomic mass is 9.81. The lowest BCUT2D eigenvalue weighted by molar-refractivity contribution is 0.0842. The van der Waals surface area contributed by atoms with E-state index in [0.29, 0.717) is 0 Å². The van der Waals surface area contributed by atoms with Crippen LogP contribution in [0.15, 0.2) is 12.4 Å². The zero-order chi connectivity index (χ0) is 14.2. The first-order valence-electron chi connectivity index (χ1n) is 7.04. The van der Waals surface area contributed by atoms with Crippen molar-refractivity contribution in [3.05, 3.63) is 12.4 Å². The fraction of sp³-hybridized carbons (Fsp3) is 0.692. The standard InChI is InChI=1S/C13H20BN3O3/c1-10-13(2,3)20-14(19-10)11-8-15-12(16-9-11)17-4-6-18-7-5-17/h8-10H,4-7H2,1-3H3. The van der Waals surface area contributed by atoms with Gasteiger partial charge in [0.2, 0.25) is 5.95 Å². The van der Waals surface area contributed by atoms with E-state index in [-0.39, 0.29) is 18.8 Å². The molecule has 0 spiro atoms. The van der Waals surface area contributed by atoms with Gasteiger partial charge in [-0.2, -0.15) is 0 Å². The Morgan fingerprint density at radius 3 is 2.45 bits per heavy atom. The summed E-state index contributed by atoms with van der Waals surface area (Å²) in [5.41, 5.74) is 0.576. The second-order valence-electron chi connectivity index (χ2n) is 5.75. The molecule has 20 heavy (non-hydrogen) atoms. The van der Waals surface area contributed by atoms with Gasteiger partial charge in [0.05, 0.1) is 24.9 Å². The van der Waals surface area contributed by atoms with E-state index in [2.05, 4.69) is 14.9 Å². The molecule has 2 aliphatic heterocycles. The highest BCUT2D eigenvalue weighted by molar-refractivity contribution is 6.61. The van der Waals surface area contributed by atoms with Gasteiger partial charge in [0.15, 0.2) is 0 Å². The van der Waals surface area contributed by atoms with Crippen LogP contribution < -0.4 is 10.4 Å². The fourth-order valence-electron chi connectivity index (χ4n) is 2.27. The van der Waals surface area contributed by atoms with Crippen molar-refractivity contribution in [2.75, 3.05) is 31.2 Å².